The zero-order valence-electron chi connectivity index (χ0n) is 10.9. The summed E-state index contributed by atoms with van der Waals surface area (Å²) in [5.74, 6) is 0.664. The molecule has 2 aromatic carbocycles. The molecular weight excluding hydrogens is 256 g/mol. The van der Waals surface area contributed by atoms with Gasteiger partial charge in [-0.1, -0.05) is 36.4 Å². The number of hydroxylamine groups is 1. The molecule has 2 rings (SSSR count). The topological polar surface area (TPSA) is 70.6 Å². The van der Waals surface area contributed by atoms with Crippen molar-refractivity contribution in [3.8, 4) is 5.75 Å². The highest BCUT2D eigenvalue weighted by atomic mass is 16.5. The van der Waals surface area contributed by atoms with Crippen LogP contribution in [0.3, 0.4) is 0 Å². The van der Waals surface area contributed by atoms with Gasteiger partial charge in [0.05, 0.1) is 6.61 Å². The summed E-state index contributed by atoms with van der Waals surface area (Å²) in [6, 6.07) is 16.4. The van der Waals surface area contributed by atoms with Crippen molar-refractivity contribution in [2.45, 2.75) is 6.42 Å². The number of amides is 2. The van der Waals surface area contributed by atoms with Gasteiger partial charge >= 0.3 is 6.03 Å². The number of hydrogen-bond acceptors (Lipinski definition) is 3. The first-order valence-corrected chi connectivity index (χ1v) is 6.26. The lowest BCUT2D eigenvalue weighted by atomic mass is 10.2. The van der Waals surface area contributed by atoms with Gasteiger partial charge in [-0.05, 0) is 17.7 Å². The Kier molecular flexibility index (Phi) is 4.97. The monoisotopic (exact) mass is 272 g/mol. The molecule has 0 unspecified atom stereocenters. The van der Waals surface area contributed by atoms with E-state index >= 15 is 0 Å². The van der Waals surface area contributed by atoms with Crippen molar-refractivity contribution in [1.29, 1.82) is 0 Å². The summed E-state index contributed by atoms with van der Waals surface area (Å²) in [4.78, 5) is 11.0. The highest BCUT2D eigenvalue weighted by molar-refractivity contribution is 5.88. The van der Waals surface area contributed by atoms with Gasteiger partial charge in [0.2, 0.25) is 0 Å². The normalized spacial score (nSPS) is 9.85. The first-order valence-electron chi connectivity index (χ1n) is 6.26. The van der Waals surface area contributed by atoms with Crippen molar-refractivity contribution < 1.29 is 14.7 Å². The molecule has 0 atom stereocenters. The van der Waals surface area contributed by atoms with E-state index in [2.05, 4.69) is 5.32 Å². The third-order valence-corrected chi connectivity index (χ3v) is 2.70. The van der Waals surface area contributed by atoms with Crippen molar-refractivity contribution in [2.75, 3.05) is 11.9 Å². The van der Waals surface area contributed by atoms with E-state index in [1.165, 1.54) is 11.0 Å². The van der Waals surface area contributed by atoms with Crippen molar-refractivity contribution >= 4 is 11.7 Å². The fraction of sp³-hybridized carbons (Fsp3) is 0.133. The van der Waals surface area contributed by atoms with Gasteiger partial charge in [0, 0.05) is 18.2 Å². The molecule has 0 fully saturated rings. The van der Waals surface area contributed by atoms with E-state index in [4.69, 9.17) is 9.94 Å². The van der Waals surface area contributed by atoms with Crippen LogP contribution in [0.5, 0.6) is 5.75 Å². The fourth-order valence-electron chi connectivity index (χ4n) is 1.75. The Morgan fingerprint density at radius 1 is 1.10 bits per heavy atom. The zero-order valence-corrected chi connectivity index (χ0v) is 10.9. The van der Waals surface area contributed by atoms with Gasteiger partial charge in [-0.25, -0.2) is 10.3 Å². The number of urea groups is 1. The van der Waals surface area contributed by atoms with Crippen LogP contribution in [-0.2, 0) is 6.42 Å². The van der Waals surface area contributed by atoms with E-state index in [1.807, 2.05) is 36.4 Å². The molecule has 0 heterocycles. The minimum absolute atomic E-state index is 0.550. The molecule has 0 aromatic heterocycles. The average Bonchev–Trinajstić information content (AvgIpc) is 2.48. The lowest BCUT2D eigenvalue weighted by Crippen LogP contribution is -2.25. The van der Waals surface area contributed by atoms with Crippen molar-refractivity contribution in [1.82, 2.24) is 5.48 Å². The Hall–Kier alpha value is -2.53. The van der Waals surface area contributed by atoms with Gasteiger partial charge in [-0.2, -0.15) is 0 Å². The lowest BCUT2D eigenvalue weighted by Gasteiger charge is -2.08. The van der Waals surface area contributed by atoms with Crippen LogP contribution in [-0.4, -0.2) is 17.8 Å². The van der Waals surface area contributed by atoms with Crippen LogP contribution in [0.15, 0.2) is 54.6 Å². The number of hydrogen-bond donors (Lipinski definition) is 3. The molecule has 5 heteroatoms. The number of rotatable bonds is 5. The summed E-state index contributed by atoms with van der Waals surface area (Å²) in [5.41, 5.74) is 3.27. The lowest BCUT2D eigenvalue weighted by molar-refractivity contribution is 0.172. The first-order chi connectivity index (χ1) is 9.78. The molecular formula is C15H16N2O3. The van der Waals surface area contributed by atoms with E-state index in [9.17, 15) is 4.79 Å². The summed E-state index contributed by atoms with van der Waals surface area (Å²) in [6.07, 6.45) is 0.815. The molecule has 0 aliphatic heterocycles. The Labute approximate surface area is 117 Å². The van der Waals surface area contributed by atoms with Gasteiger partial charge in [0.1, 0.15) is 5.75 Å². The molecule has 2 aromatic rings. The molecule has 0 aliphatic carbocycles. The molecule has 5 nitrogen and oxygen atoms in total. The Morgan fingerprint density at radius 3 is 2.65 bits per heavy atom. The summed E-state index contributed by atoms with van der Waals surface area (Å²) in [7, 11) is 0. The van der Waals surface area contributed by atoms with Gasteiger partial charge in [-0.15, -0.1) is 0 Å². The van der Waals surface area contributed by atoms with Gasteiger partial charge in [0.15, 0.2) is 0 Å². The minimum Gasteiger partial charge on any atom is -0.493 e. The van der Waals surface area contributed by atoms with Crippen LogP contribution < -0.4 is 15.5 Å². The maximum Gasteiger partial charge on any atom is 0.342 e. The highest BCUT2D eigenvalue weighted by Gasteiger charge is 2.01. The summed E-state index contributed by atoms with van der Waals surface area (Å²) < 4.78 is 5.63. The highest BCUT2D eigenvalue weighted by Crippen LogP contribution is 2.17. The largest absolute Gasteiger partial charge is 0.493 e. The number of nitrogens with one attached hydrogen (secondary N) is 2. The molecule has 0 bridgehead atoms. The summed E-state index contributed by atoms with van der Waals surface area (Å²) in [6.45, 7) is 0.555. The third kappa shape index (κ3) is 4.29. The van der Waals surface area contributed by atoms with Crippen molar-refractivity contribution in [2.24, 2.45) is 0 Å². The van der Waals surface area contributed by atoms with E-state index in [1.54, 1.807) is 18.2 Å². The van der Waals surface area contributed by atoms with Gasteiger partial charge in [0.25, 0.3) is 0 Å². The van der Waals surface area contributed by atoms with E-state index in [0.717, 1.165) is 6.42 Å². The first kappa shape index (κ1) is 13.9. The molecule has 20 heavy (non-hydrogen) atoms. The maximum atomic E-state index is 11.0. The average molecular weight is 272 g/mol. The molecule has 0 spiro atoms. The van der Waals surface area contributed by atoms with Gasteiger partial charge in [-0.3, -0.25) is 5.21 Å². The predicted molar refractivity (Wildman–Crippen MR) is 76.0 cm³/mol. The Bertz CT molecular complexity index is 558. The van der Waals surface area contributed by atoms with Gasteiger partial charge < -0.3 is 10.1 Å². The molecule has 0 saturated carbocycles. The van der Waals surface area contributed by atoms with E-state index < -0.39 is 6.03 Å². The molecule has 2 amide bonds. The molecule has 104 valence electrons. The number of benzene rings is 2. The zero-order chi connectivity index (χ0) is 14.2. The Morgan fingerprint density at radius 2 is 1.90 bits per heavy atom. The van der Waals surface area contributed by atoms with Crippen molar-refractivity contribution in [3.63, 3.8) is 0 Å². The maximum absolute atomic E-state index is 11.0. The third-order valence-electron chi connectivity index (χ3n) is 2.70. The molecule has 0 radical (unpaired) electrons. The van der Waals surface area contributed by atoms with Crippen LogP contribution in [0.2, 0.25) is 0 Å². The standard InChI is InChI=1S/C15H16N2O3/c18-15(17-19)16-13-7-4-8-14(11-13)20-10-9-12-5-2-1-3-6-12/h1-8,11,19H,9-10H2,(H2,16,17,18). The summed E-state index contributed by atoms with van der Waals surface area (Å²) in [5, 5.41) is 10.9. The number of ether oxygens (including phenoxy) is 1. The predicted octanol–water partition coefficient (Wildman–Crippen LogP) is 2.82. The Balaban J connectivity index is 1.86. The molecule has 0 aliphatic rings. The van der Waals surface area contributed by atoms with Crippen LogP contribution in [0.1, 0.15) is 5.56 Å². The second-order valence-electron chi connectivity index (χ2n) is 4.18. The summed E-state index contributed by atoms with van der Waals surface area (Å²) >= 11 is 0. The van der Waals surface area contributed by atoms with Crippen LogP contribution in [0, 0.1) is 0 Å². The van der Waals surface area contributed by atoms with Crippen molar-refractivity contribution in [3.05, 3.63) is 60.2 Å². The molecule has 3 N–H and O–H groups in total. The number of anilines is 1. The quantitative estimate of drug-likeness (QED) is 0.579. The second kappa shape index (κ2) is 7.16. The number of carbonyl (C=O) groups excluding carboxylic acids is 1. The number of carbonyl (C=O) groups is 1. The van der Waals surface area contributed by atoms with E-state index in [0.29, 0.717) is 18.0 Å². The van der Waals surface area contributed by atoms with Crippen LogP contribution in [0.4, 0.5) is 10.5 Å². The SMILES string of the molecule is O=C(NO)Nc1cccc(OCCc2ccccc2)c1. The van der Waals surface area contributed by atoms with Crippen LogP contribution >= 0.6 is 0 Å². The van der Waals surface area contributed by atoms with Crippen LogP contribution in [0.25, 0.3) is 0 Å². The fourth-order valence-corrected chi connectivity index (χ4v) is 1.75. The second-order valence-corrected chi connectivity index (χ2v) is 4.18. The minimum atomic E-state index is -0.688. The smallest absolute Gasteiger partial charge is 0.342 e. The molecule has 0 saturated heterocycles. The van der Waals surface area contributed by atoms with E-state index in [-0.39, 0.29) is 0 Å².